The summed E-state index contributed by atoms with van der Waals surface area (Å²) in [4.78, 5) is 19.6. The molecule has 0 radical (unpaired) electrons. The molecule has 2 heterocycles. The van der Waals surface area contributed by atoms with Gasteiger partial charge in [-0.2, -0.15) is 0 Å². The quantitative estimate of drug-likeness (QED) is 0.648. The summed E-state index contributed by atoms with van der Waals surface area (Å²) >= 11 is 0. The molecule has 0 atom stereocenters. The van der Waals surface area contributed by atoms with Crippen molar-refractivity contribution in [3.63, 3.8) is 0 Å². The highest BCUT2D eigenvalue weighted by atomic mass is 19.1. The van der Waals surface area contributed by atoms with Gasteiger partial charge in [0.1, 0.15) is 23.4 Å². The number of rotatable bonds is 2. The average molecular weight is 242 g/mol. The third kappa shape index (κ3) is 1.75. The molecule has 1 aromatic carbocycles. The van der Waals surface area contributed by atoms with Crippen LogP contribution in [0.1, 0.15) is 16.2 Å². The summed E-state index contributed by atoms with van der Waals surface area (Å²) < 4.78 is 18.4. The third-order valence-corrected chi connectivity index (χ3v) is 2.52. The van der Waals surface area contributed by atoms with E-state index < -0.39 is 0 Å². The van der Waals surface area contributed by atoms with E-state index in [4.69, 9.17) is 4.42 Å². The third-order valence-electron chi connectivity index (χ3n) is 2.52. The molecule has 2 aromatic heterocycles. The van der Waals surface area contributed by atoms with E-state index in [0.717, 1.165) is 0 Å². The Labute approximate surface area is 101 Å². The fourth-order valence-corrected chi connectivity index (χ4v) is 1.68. The van der Waals surface area contributed by atoms with Crippen molar-refractivity contribution >= 4 is 16.8 Å². The molecule has 5 heteroatoms. The van der Waals surface area contributed by atoms with E-state index in [1.807, 2.05) is 0 Å². The molecule has 4 nitrogen and oxygen atoms in total. The van der Waals surface area contributed by atoms with Gasteiger partial charge in [0.2, 0.25) is 5.78 Å². The number of carbonyl (C=O) groups excluding carboxylic acids is 1. The van der Waals surface area contributed by atoms with Crippen LogP contribution in [0.15, 0.2) is 47.3 Å². The van der Waals surface area contributed by atoms with Gasteiger partial charge < -0.3 is 4.42 Å². The first-order valence-corrected chi connectivity index (χ1v) is 5.24. The SMILES string of the molecule is O=C(c1ccncn1)c1cc2cc(F)ccc2o1. The zero-order valence-electron chi connectivity index (χ0n) is 9.13. The molecule has 0 aliphatic heterocycles. The fraction of sp³-hybridized carbons (Fsp3) is 0. The van der Waals surface area contributed by atoms with Crippen molar-refractivity contribution in [2.75, 3.05) is 0 Å². The van der Waals surface area contributed by atoms with Crippen molar-refractivity contribution in [1.29, 1.82) is 0 Å². The first-order valence-electron chi connectivity index (χ1n) is 5.24. The molecular weight excluding hydrogens is 235 g/mol. The maximum Gasteiger partial charge on any atom is 0.246 e. The molecule has 0 bridgehead atoms. The van der Waals surface area contributed by atoms with E-state index in [1.54, 1.807) is 0 Å². The van der Waals surface area contributed by atoms with Crippen molar-refractivity contribution in [2.45, 2.75) is 0 Å². The molecule has 3 rings (SSSR count). The Hall–Kier alpha value is -2.56. The number of fused-ring (bicyclic) bond motifs is 1. The minimum atomic E-state index is -0.371. The monoisotopic (exact) mass is 242 g/mol. The van der Waals surface area contributed by atoms with E-state index in [9.17, 15) is 9.18 Å². The first kappa shape index (κ1) is 10.6. The van der Waals surface area contributed by atoms with Crippen LogP contribution in [0.25, 0.3) is 11.0 Å². The molecular formula is C13H7FN2O2. The van der Waals surface area contributed by atoms with E-state index >= 15 is 0 Å². The summed E-state index contributed by atoms with van der Waals surface area (Å²) in [6, 6.07) is 7.08. The van der Waals surface area contributed by atoms with E-state index in [0.29, 0.717) is 11.0 Å². The van der Waals surface area contributed by atoms with Gasteiger partial charge in [0.25, 0.3) is 0 Å². The average Bonchev–Trinajstić information content (AvgIpc) is 2.81. The van der Waals surface area contributed by atoms with Crippen LogP contribution in [0.2, 0.25) is 0 Å². The van der Waals surface area contributed by atoms with E-state index in [2.05, 4.69) is 9.97 Å². The van der Waals surface area contributed by atoms with Crippen molar-refractivity contribution in [3.8, 4) is 0 Å². The molecule has 88 valence electrons. The lowest BCUT2D eigenvalue weighted by Gasteiger charge is -1.93. The van der Waals surface area contributed by atoms with Crippen LogP contribution in [0.5, 0.6) is 0 Å². The topological polar surface area (TPSA) is 56.0 Å². The highest BCUT2D eigenvalue weighted by molar-refractivity contribution is 6.07. The lowest BCUT2D eigenvalue weighted by atomic mass is 10.2. The molecule has 0 fully saturated rings. The van der Waals surface area contributed by atoms with Gasteiger partial charge in [-0.3, -0.25) is 4.79 Å². The summed E-state index contributed by atoms with van der Waals surface area (Å²) in [6.45, 7) is 0. The summed E-state index contributed by atoms with van der Waals surface area (Å²) in [6.07, 6.45) is 2.76. The van der Waals surface area contributed by atoms with Crippen LogP contribution in [0, 0.1) is 5.82 Å². The second-order valence-electron chi connectivity index (χ2n) is 3.72. The van der Waals surface area contributed by atoms with Gasteiger partial charge in [0.05, 0.1) is 0 Å². The molecule has 0 unspecified atom stereocenters. The van der Waals surface area contributed by atoms with Crippen molar-refractivity contribution < 1.29 is 13.6 Å². The Kier molecular flexibility index (Phi) is 2.37. The van der Waals surface area contributed by atoms with Crippen LogP contribution in [-0.2, 0) is 0 Å². The van der Waals surface area contributed by atoms with Crippen LogP contribution < -0.4 is 0 Å². The number of furan rings is 1. The van der Waals surface area contributed by atoms with Crippen LogP contribution in [0.3, 0.4) is 0 Å². The summed E-state index contributed by atoms with van der Waals surface area (Å²) in [5, 5.41) is 0.549. The number of ketones is 1. The van der Waals surface area contributed by atoms with Crippen LogP contribution in [0.4, 0.5) is 4.39 Å². The lowest BCUT2D eigenvalue weighted by molar-refractivity contribution is 0.101. The summed E-state index contributed by atoms with van der Waals surface area (Å²) in [5.41, 5.74) is 0.707. The molecule has 0 saturated carbocycles. The number of hydrogen-bond donors (Lipinski definition) is 0. The Bertz CT molecular complexity index is 722. The van der Waals surface area contributed by atoms with Gasteiger partial charge in [-0.1, -0.05) is 0 Å². The fourth-order valence-electron chi connectivity index (χ4n) is 1.68. The molecule has 3 aromatic rings. The molecule has 0 aliphatic rings. The maximum atomic E-state index is 13.0. The van der Waals surface area contributed by atoms with E-state index in [-0.39, 0.29) is 23.1 Å². The van der Waals surface area contributed by atoms with Gasteiger partial charge in [0.15, 0.2) is 5.76 Å². The standard InChI is InChI=1S/C13H7FN2O2/c14-9-1-2-11-8(5-9)6-12(18-11)13(17)10-3-4-15-7-16-10/h1-7H. The predicted molar refractivity (Wildman–Crippen MR) is 61.6 cm³/mol. The highest BCUT2D eigenvalue weighted by Gasteiger charge is 2.15. The number of carbonyl (C=O) groups is 1. The minimum absolute atomic E-state index is 0.134. The van der Waals surface area contributed by atoms with Crippen LogP contribution in [-0.4, -0.2) is 15.8 Å². The van der Waals surface area contributed by atoms with Crippen molar-refractivity contribution in [2.24, 2.45) is 0 Å². The Morgan fingerprint density at radius 3 is 2.89 bits per heavy atom. The minimum Gasteiger partial charge on any atom is -0.453 e. The number of nitrogens with zero attached hydrogens (tertiary/aromatic N) is 2. The number of halogens is 1. The van der Waals surface area contributed by atoms with Gasteiger partial charge in [-0.05, 0) is 30.3 Å². The van der Waals surface area contributed by atoms with Crippen molar-refractivity contribution in [1.82, 2.24) is 9.97 Å². The zero-order chi connectivity index (χ0) is 12.5. The van der Waals surface area contributed by atoms with Gasteiger partial charge in [-0.15, -0.1) is 0 Å². The smallest absolute Gasteiger partial charge is 0.246 e. The molecule has 0 N–H and O–H groups in total. The normalized spacial score (nSPS) is 10.7. The Morgan fingerprint density at radius 1 is 1.22 bits per heavy atom. The second-order valence-corrected chi connectivity index (χ2v) is 3.72. The Morgan fingerprint density at radius 2 is 2.11 bits per heavy atom. The largest absolute Gasteiger partial charge is 0.453 e. The van der Waals surface area contributed by atoms with E-state index in [1.165, 1.54) is 42.9 Å². The number of benzene rings is 1. The lowest BCUT2D eigenvalue weighted by Crippen LogP contribution is -2.02. The van der Waals surface area contributed by atoms with Crippen molar-refractivity contribution in [3.05, 3.63) is 60.1 Å². The molecule has 0 amide bonds. The molecule has 18 heavy (non-hydrogen) atoms. The van der Waals surface area contributed by atoms with Crippen LogP contribution >= 0.6 is 0 Å². The zero-order valence-corrected chi connectivity index (χ0v) is 9.13. The maximum absolute atomic E-state index is 13.0. The van der Waals surface area contributed by atoms with Gasteiger partial charge >= 0.3 is 0 Å². The molecule has 0 spiro atoms. The van der Waals surface area contributed by atoms with Gasteiger partial charge in [-0.25, -0.2) is 14.4 Å². The number of aromatic nitrogens is 2. The first-order chi connectivity index (χ1) is 8.74. The summed E-state index contributed by atoms with van der Waals surface area (Å²) in [5.74, 6) is -0.590. The highest BCUT2D eigenvalue weighted by Crippen LogP contribution is 2.21. The molecule has 0 saturated heterocycles. The number of hydrogen-bond acceptors (Lipinski definition) is 4. The predicted octanol–water partition coefficient (Wildman–Crippen LogP) is 2.59. The molecule has 0 aliphatic carbocycles. The Balaban J connectivity index is 2.07. The van der Waals surface area contributed by atoms with Gasteiger partial charge in [0, 0.05) is 11.6 Å². The second kappa shape index (κ2) is 4.03. The summed E-state index contributed by atoms with van der Waals surface area (Å²) in [7, 11) is 0.